The Bertz CT molecular complexity index is 830. The van der Waals surface area contributed by atoms with E-state index in [-0.39, 0.29) is 5.91 Å². The van der Waals surface area contributed by atoms with Gasteiger partial charge in [-0.1, -0.05) is 11.6 Å². The molecule has 1 fully saturated rings. The number of halogens is 1. The molecule has 0 aromatic carbocycles. The van der Waals surface area contributed by atoms with E-state index in [1.165, 1.54) is 27.0 Å². The topological polar surface area (TPSA) is 79.4 Å². The fraction of sp³-hybridized carbons (Fsp3) is 0.385. The summed E-state index contributed by atoms with van der Waals surface area (Å²) in [7, 11) is -3.38. The number of carbonyl (C=O) groups excluding carboxylic acids is 1. The number of thiophene rings is 1. The van der Waals surface area contributed by atoms with Crippen molar-refractivity contribution in [2.24, 2.45) is 0 Å². The first-order valence-electron chi connectivity index (χ1n) is 6.83. The highest BCUT2D eigenvalue weighted by Gasteiger charge is 2.36. The van der Waals surface area contributed by atoms with Crippen LogP contribution in [-0.2, 0) is 14.8 Å². The highest BCUT2D eigenvalue weighted by Crippen LogP contribution is 2.33. The highest BCUT2D eigenvalue weighted by molar-refractivity contribution is 7.88. The molecule has 23 heavy (non-hydrogen) atoms. The number of hydrogen-bond donors (Lipinski definition) is 1. The van der Waals surface area contributed by atoms with Gasteiger partial charge in [-0.3, -0.25) is 4.79 Å². The molecule has 2 aromatic rings. The summed E-state index contributed by atoms with van der Waals surface area (Å²) >= 11 is 8.62. The Morgan fingerprint density at radius 1 is 1.48 bits per heavy atom. The molecule has 1 atom stereocenters. The van der Waals surface area contributed by atoms with E-state index in [1.54, 1.807) is 6.07 Å². The lowest BCUT2D eigenvalue weighted by Gasteiger charge is -2.20. The van der Waals surface area contributed by atoms with Crippen LogP contribution in [0.3, 0.4) is 0 Å². The molecule has 1 saturated heterocycles. The van der Waals surface area contributed by atoms with E-state index >= 15 is 0 Å². The lowest BCUT2D eigenvalue weighted by Crippen LogP contribution is -2.42. The molecule has 0 saturated carbocycles. The van der Waals surface area contributed by atoms with Gasteiger partial charge in [-0.25, -0.2) is 13.4 Å². The number of nitrogens with zero attached hydrogens (tertiary/aromatic N) is 2. The van der Waals surface area contributed by atoms with Crippen LogP contribution in [0.5, 0.6) is 0 Å². The molecule has 124 valence electrons. The van der Waals surface area contributed by atoms with E-state index in [0.29, 0.717) is 28.9 Å². The van der Waals surface area contributed by atoms with Gasteiger partial charge in [0, 0.05) is 11.9 Å². The van der Waals surface area contributed by atoms with Crippen LogP contribution in [0.25, 0.3) is 10.6 Å². The average molecular weight is 392 g/mol. The standard InChI is InChI=1S/C13H14ClN3O3S3/c1-23(19,20)17-6-2-3-9(17)12(18)16-13-15-8(7-21-13)10-4-5-11(14)22-10/h4-5,7,9H,2-3,6H2,1H3,(H,15,16,18)/t9-/m0/s1. The monoisotopic (exact) mass is 391 g/mol. The number of amides is 1. The van der Waals surface area contributed by atoms with Crippen molar-refractivity contribution in [1.29, 1.82) is 0 Å². The number of rotatable bonds is 4. The first-order valence-corrected chi connectivity index (χ1v) is 10.8. The number of anilines is 1. The van der Waals surface area contributed by atoms with Crippen LogP contribution >= 0.6 is 34.3 Å². The van der Waals surface area contributed by atoms with Gasteiger partial charge in [-0.2, -0.15) is 4.31 Å². The van der Waals surface area contributed by atoms with Gasteiger partial charge < -0.3 is 5.32 Å². The second-order valence-corrected chi connectivity index (χ2v) is 9.67. The normalized spacial score (nSPS) is 19.1. The van der Waals surface area contributed by atoms with E-state index in [2.05, 4.69) is 10.3 Å². The second-order valence-electron chi connectivity index (χ2n) is 5.16. The minimum absolute atomic E-state index is 0.335. The first kappa shape index (κ1) is 16.8. The van der Waals surface area contributed by atoms with Gasteiger partial charge in [0.15, 0.2) is 5.13 Å². The van der Waals surface area contributed by atoms with E-state index < -0.39 is 16.1 Å². The Labute approximate surface area is 147 Å². The SMILES string of the molecule is CS(=O)(=O)N1CCC[C@H]1C(=O)Nc1nc(-c2ccc(Cl)s2)cs1. The Morgan fingerprint density at radius 2 is 2.26 bits per heavy atom. The van der Waals surface area contributed by atoms with Gasteiger partial charge in [-0.05, 0) is 25.0 Å². The van der Waals surface area contributed by atoms with E-state index in [0.717, 1.165) is 16.8 Å². The van der Waals surface area contributed by atoms with E-state index in [9.17, 15) is 13.2 Å². The summed E-state index contributed by atoms with van der Waals surface area (Å²) in [4.78, 5) is 17.6. The number of thiazole rings is 1. The molecule has 2 aromatic heterocycles. The average Bonchev–Trinajstić information content (AvgIpc) is 3.15. The smallest absolute Gasteiger partial charge is 0.244 e. The van der Waals surface area contributed by atoms with Gasteiger partial charge >= 0.3 is 0 Å². The summed E-state index contributed by atoms with van der Waals surface area (Å²) in [5.74, 6) is -0.335. The molecule has 3 rings (SSSR count). The molecule has 0 aliphatic carbocycles. The summed E-state index contributed by atoms with van der Waals surface area (Å²) in [6.07, 6.45) is 2.33. The molecule has 0 spiro atoms. The first-order chi connectivity index (χ1) is 10.8. The van der Waals surface area contributed by atoms with Crippen molar-refractivity contribution in [2.75, 3.05) is 18.1 Å². The third-order valence-electron chi connectivity index (χ3n) is 3.49. The molecule has 3 heterocycles. The van der Waals surface area contributed by atoms with Crippen molar-refractivity contribution in [2.45, 2.75) is 18.9 Å². The van der Waals surface area contributed by atoms with Crippen molar-refractivity contribution in [3.8, 4) is 10.6 Å². The third-order valence-corrected chi connectivity index (χ3v) is 6.79. The molecule has 1 aliphatic heterocycles. The molecule has 0 bridgehead atoms. The van der Waals surface area contributed by atoms with Crippen molar-refractivity contribution >= 4 is 55.3 Å². The minimum Gasteiger partial charge on any atom is -0.301 e. The maximum Gasteiger partial charge on any atom is 0.244 e. The van der Waals surface area contributed by atoms with Gasteiger partial charge in [-0.15, -0.1) is 22.7 Å². The Morgan fingerprint density at radius 3 is 2.91 bits per heavy atom. The fourth-order valence-electron chi connectivity index (χ4n) is 2.48. The van der Waals surface area contributed by atoms with E-state index in [4.69, 9.17) is 11.6 Å². The lowest BCUT2D eigenvalue weighted by molar-refractivity contribution is -0.119. The molecule has 1 N–H and O–H groups in total. The predicted octanol–water partition coefficient (Wildman–Crippen LogP) is 2.89. The zero-order chi connectivity index (χ0) is 16.6. The van der Waals surface area contributed by atoms with Crippen molar-refractivity contribution in [1.82, 2.24) is 9.29 Å². The molecule has 0 unspecified atom stereocenters. The largest absolute Gasteiger partial charge is 0.301 e. The maximum absolute atomic E-state index is 12.4. The summed E-state index contributed by atoms with van der Waals surface area (Å²) in [5.41, 5.74) is 0.744. The van der Waals surface area contributed by atoms with Gasteiger partial charge in [0.05, 0.1) is 21.2 Å². The Kier molecular flexibility index (Phi) is 4.75. The van der Waals surface area contributed by atoms with Crippen LogP contribution in [-0.4, -0.2) is 42.5 Å². The molecule has 1 amide bonds. The van der Waals surface area contributed by atoms with Crippen LogP contribution in [0.15, 0.2) is 17.5 Å². The fourth-order valence-corrected chi connectivity index (χ4v) is 5.40. The van der Waals surface area contributed by atoms with Crippen molar-refractivity contribution in [3.05, 3.63) is 21.8 Å². The van der Waals surface area contributed by atoms with E-state index in [1.807, 2.05) is 11.4 Å². The van der Waals surface area contributed by atoms with Crippen LogP contribution in [0.2, 0.25) is 4.34 Å². The Hall–Kier alpha value is -1.000. The van der Waals surface area contributed by atoms with Crippen molar-refractivity contribution in [3.63, 3.8) is 0 Å². The molecule has 1 aliphatic rings. The summed E-state index contributed by atoms with van der Waals surface area (Å²) in [6, 6.07) is 3.01. The number of aromatic nitrogens is 1. The van der Waals surface area contributed by atoms with Crippen LogP contribution in [0.1, 0.15) is 12.8 Å². The van der Waals surface area contributed by atoms with Gasteiger partial charge in [0.25, 0.3) is 0 Å². The van der Waals surface area contributed by atoms with Crippen LogP contribution < -0.4 is 5.32 Å². The minimum atomic E-state index is -3.38. The molecule has 6 nitrogen and oxygen atoms in total. The summed E-state index contributed by atoms with van der Waals surface area (Å²) < 4.78 is 25.3. The zero-order valence-electron chi connectivity index (χ0n) is 12.2. The number of nitrogens with one attached hydrogen (secondary N) is 1. The number of sulfonamides is 1. The van der Waals surface area contributed by atoms with Gasteiger partial charge in [0.1, 0.15) is 6.04 Å². The molecular weight excluding hydrogens is 378 g/mol. The maximum atomic E-state index is 12.4. The summed E-state index contributed by atoms with van der Waals surface area (Å²) in [6.45, 7) is 0.383. The zero-order valence-corrected chi connectivity index (χ0v) is 15.4. The predicted molar refractivity (Wildman–Crippen MR) is 93.6 cm³/mol. The Balaban J connectivity index is 1.72. The number of hydrogen-bond acceptors (Lipinski definition) is 6. The molecule has 0 radical (unpaired) electrons. The highest BCUT2D eigenvalue weighted by atomic mass is 35.5. The second kappa shape index (κ2) is 6.48. The quantitative estimate of drug-likeness (QED) is 0.869. The van der Waals surface area contributed by atoms with Crippen LogP contribution in [0.4, 0.5) is 5.13 Å². The van der Waals surface area contributed by atoms with Gasteiger partial charge in [0.2, 0.25) is 15.9 Å². The van der Waals surface area contributed by atoms with Crippen LogP contribution in [0, 0.1) is 0 Å². The summed E-state index contributed by atoms with van der Waals surface area (Å²) in [5, 5.41) is 5.00. The molecular formula is C13H14ClN3O3S3. The molecule has 10 heteroatoms. The van der Waals surface area contributed by atoms with Crippen molar-refractivity contribution < 1.29 is 13.2 Å². The lowest BCUT2D eigenvalue weighted by atomic mass is 10.2. The number of carbonyl (C=O) groups is 1. The third kappa shape index (κ3) is 3.74.